The van der Waals surface area contributed by atoms with Crippen molar-refractivity contribution in [3.8, 4) is 0 Å². The Morgan fingerprint density at radius 1 is 1.30 bits per heavy atom. The van der Waals surface area contributed by atoms with E-state index in [4.69, 9.17) is 0 Å². The Hall–Kier alpha value is -0.140. The van der Waals surface area contributed by atoms with E-state index < -0.39 is 5.92 Å². The third-order valence-electron chi connectivity index (χ3n) is 2.29. The summed E-state index contributed by atoms with van der Waals surface area (Å²) in [4.78, 5) is 0. The van der Waals surface area contributed by atoms with E-state index in [1.165, 1.54) is 0 Å². The molecule has 0 bridgehead atoms. The highest BCUT2D eigenvalue weighted by Crippen LogP contribution is 2.39. The second kappa shape index (κ2) is 2.85. The minimum Gasteiger partial charge on any atom is -0.207 e. The van der Waals surface area contributed by atoms with Gasteiger partial charge in [-0.2, -0.15) is 0 Å². The lowest BCUT2D eigenvalue weighted by Crippen LogP contribution is -2.24. The lowest BCUT2D eigenvalue weighted by molar-refractivity contribution is -0.0530. The summed E-state index contributed by atoms with van der Waals surface area (Å²) in [5, 5.41) is 0. The van der Waals surface area contributed by atoms with Crippen molar-refractivity contribution in [2.24, 2.45) is 5.92 Å². The SMILES string of the molecule is [CH2]CC(F)(F)C1CCCC1. The van der Waals surface area contributed by atoms with Crippen molar-refractivity contribution < 1.29 is 8.78 Å². The highest BCUT2D eigenvalue weighted by atomic mass is 19.3. The van der Waals surface area contributed by atoms with Crippen molar-refractivity contribution in [2.45, 2.75) is 38.0 Å². The molecule has 0 amide bonds. The van der Waals surface area contributed by atoms with Crippen molar-refractivity contribution in [1.29, 1.82) is 0 Å². The smallest absolute Gasteiger partial charge is 0.207 e. The lowest BCUT2D eigenvalue weighted by Gasteiger charge is -2.20. The van der Waals surface area contributed by atoms with Gasteiger partial charge in [0.05, 0.1) is 0 Å². The molecular formula is C8H13F2. The van der Waals surface area contributed by atoms with Crippen LogP contribution in [-0.2, 0) is 0 Å². The zero-order valence-electron chi connectivity index (χ0n) is 6.08. The molecular weight excluding hydrogens is 134 g/mol. The zero-order chi connectivity index (χ0) is 7.61. The standard InChI is InChI=1S/C8H13F2/c1-2-8(9,10)7-5-3-4-6-7/h7H,1-6H2. The Bertz CT molecular complexity index is 104. The van der Waals surface area contributed by atoms with Crippen LogP contribution < -0.4 is 0 Å². The Kier molecular flexibility index (Phi) is 2.27. The van der Waals surface area contributed by atoms with Gasteiger partial charge in [0.1, 0.15) is 0 Å². The van der Waals surface area contributed by atoms with Crippen LogP contribution in [0.1, 0.15) is 32.1 Å². The zero-order valence-corrected chi connectivity index (χ0v) is 6.08. The number of halogens is 2. The van der Waals surface area contributed by atoms with Gasteiger partial charge in [-0.3, -0.25) is 0 Å². The predicted octanol–water partition coefficient (Wildman–Crippen LogP) is 3.04. The van der Waals surface area contributed by atoms with Crippen LogP contribution in [0.4, 0.5) is 8.78 Å². The molecule has 1 aliphatic carbocycles. The van der Waals surface area contributed by atoms with Crippen LogP contribution in [0, 0.1) is 12.8 Å². The largest absolute Gasteiger partial charge is 0.250 e. The summed E-state index contributed by atoms with van der Waals surface area (Å²) >= 11 is 0. The molecule has 0 aromatic rings. The van der Waals surface area contributed by atoms with Crippen LogP contribution in [0.15, 0.2) is 0 Å². The fraction of sp³-hybridized carbons (Fsp3) is 0.875. The first-order chi connectivity index (χ1) is 4.67. The molecule has 0 saturated heterocycles. The number of rotatable bonds is 2. The maximum Gasteiger partial charge on any atom is 0.250 e. The lowest BCUT2D eigenvalue weighted by atomic mass is 9.98. The molecule has 0 N–H and O–H groups in total. The number of alkyl halides is 2. The number of hydrogen-bond acceptors (Lipinski definition) is 0. The van der Waals surface area contributed by atoms with Gasteiger partial charge in [0.15, 0.2) is 0 Å². The Labute approximate surface area is 60.6 Å². The highest BCUT2D eigenvalue weighted by Gasteiger charge is 2.38. The molecule has 0 aromatic heterocycles. The van der Waals surface area contributed by atoms with Gasteiger partial charge in [-0.15, -0.1) is 0 Å². The van der Waals surface area contributed by atoms with Gasteiger partial charge in [0.2, 0.25) is 0 Å². The quantitative estimate of drug-likeness (QED) is 0.563. The molecule has 1 saturated carbocycles. The first-order valence-corrected chi connectivity index (χ1v) is 3.84. The van der Waals surface area contributed by atoms with E-state index in [1.54, 1.807) is 0 Å². The third-order valence-corrected chi connectivity index (χ3v) is 2.29. The normalized spacial score (nSPS) is 21.9. The van der Waals surface area contributed by atoms with Gasteiger partial charge in [-0.05, 0) is 19.8 Å². The summed E-state index contributed by atoms with van der Waals surface area (Å²) in [7, 11) is 0. The molecule has 1 aliphatic rings. The molecule has 1 fully saturated rings. The van der Waals surface area contributed by atoms with E-state index in [0.717, 1.165) is 12.8 Å². The molecule has 0 nitrogen and oxygen atoms in total. The minimum absolute atomic E-state index is 0.238. The molecule has 0 heterocycles. The van der Waals surface area contributed by atoms with Gasteiger partial charge >= 0.3 is 0 Å². The Balaban J connectivity index is 2.45. The minimum atomic E-state index is -2.49. The summed E-state index contributed by atoms with van der Waals surface area (Å²) in [5.41, 5.74) is 0. The van der Waals surface area contributed by atoms with Crippen LogP contribution >= 0.6 is 0 Å². The fourth-order valence-corrected chi connectivity index (χ4v) is 1.55. The molecule has 0 atom stereocenters. The van der Waals surface area contributed by atoms with Crippen molar-refractivity contribution in [1.82, 2.24) is 0 Å². The first-order valence-electron chi connectivity index (χ1n) is 3.84. The van der Waals surface area contributed by atoms with E-state index in [0.29, 0.717) is 12.8 Å². The van der Waals surface area contributed by atoms with Gasteiger partial charge < -0.3 is 0 Å². The summed E-state index contributed by atoms with van der Waals surface area (Å²) in [6.45, 7) is 3.25. The van der Waals surface area contributed by atoms with Gasteiger partial charge in [-0.25, -0.2) is 8.78 Å². The second-order valence-corrected chi connectivity index (χ2v) is 2.99. The molecule has 0 aromatic carbocycles. The molecule has 0 unspecified atom stereocenters. The van der Waals surface area contributed by atoms with Gasteiger partial charge in [0.25, 0.3) is 5.92 Å². The summed E-state index contributed by atoms with van der Waals surface area (Å²) in [5.74, 6) is -2.86. The highest BCUT2D eigenvalue weighted by molar-refractivity contribution is 4.81. The van der Waals surface area contributed by atoms with Crippen LogP contribution in [0.2, 0.25) is 0 Å². The van der Waals surface area contributed by atoms with E-state index in [9.17, 15) is 8.78 Å². The third kappa shape index (κ3) is 1.47. The topological polar surface area (TPSA) is 0 Å². The molecule has 1 radical (unpaired) electrons. The monoisotopic (exact) mass is 147 g/mol. The van der Waals surface area contributed by atoms with Crippen LogP contribution in [0.3, 0.4) is 0 Å². The van der Waals surface area contributed by atoms with Crippen LogP contribution in [0.25, 0.3) is 0 Å². The molecule has 10 heavy (non-hydrogen) atoms. The predicted molar refractivity (Wildman–Crippen MR) is 36.9 cm³/mol. The summed E-state index contributed by atoms with van der Waals surface area (Å²) in [6, 6.07) is 0. The fourth-order valence-electron chi connectivity index (χ4n) is 1.55. The van der Waals surface area contributed by atoms with Crippen molar-refractivity contribution in [3.63, 3.8) is 0 Å². The van der Waals surface area contributed by atoms with Crippen molar-refractivity contribution in [2.75, 3.05) is 0 Å². The second-order valence-electron chi connectivity index (χ2n) is 2.99. The molecule has 2 heteroatoms. The molecule has 1 rings (SSSR count). The Morgan fingerprint density at radius 2 is 1.80 bits per heavy atom. The van der Waals surface area contributed by atoms with Crippen LogP contribution in [0.5, 0.6) is 0 Å². The average molecular weight is 147 g/mol. The van der Waals surface area contributed by atoms with Gasteiger partial charge in [0, 0.05) is 12.3 Å². The van der Waals surface area contributed by atoms with Crippen LogP contribution in [-0.4, -0.2) is 5.92 Å². The molecule has 59 valence electrons. The maximum absolute atomic E-state index is 12.8. The van der Waals surface area contributed by atoms with Gasteiger partial charge in [-0.1, -0.05) is 12.8 Å². The summed E-state index contributed by atoms with van der Waals surface area (Å²) in [6.07, 6.45) is 3.10. The van der Waals surface area contributed by atoms with Crippen molar-refractivity contribution >= 4 is 0 Å². The van der Waals surface area contributed by atoms with E-state index in [-0.39, 0.29) is 12.3 Å². The van der Waals surface area contributed by atoms with Crippen molar-refractivity contribution in [3.05, 3.63) is 6.92 Å². The molecule has 0 spiro atoms. The first kappa shape index (κ1) is 7.96. The maximum atomic E-state index is 12.8. The van der Waals surface area contributed by atoms with E-state index in [1.807, 2.05) is 0 Å². The van der Waals surface area contributed by atoms with E-state index in [2.05, 4.69) is 6.92 Å². The average Bonchev–Trinajstić information content (AvgIpc) is 2.38. The summed E-state index contributed by atoms with van der Waals surface area (Å²) < 4.78 is 25.6. The number of hydrogen-bond donors (Lipinski definition) is 0. The van der Waals surface area contributed by atoms with E-state index >= 15 is 0 Å². The molecule has 0 aliphatic heterocycles. The Morgan fingerprint density at radius 3 is 2.20 bits per heavy atom.